The summed E-state index contributed by atoms with van der Waals surface area (Å²) in [5, 5.41) is 62.7. The number of ether oxygens (including phenoxy) is 3. The summed E-state index contributed by atoms with van der Waals surface area (Å²) >= 11 is 0. The van der Waals surface area contributed by atoms with E-state index in [0.717, 1.165) is 38.4 Å². The first-order valence-corrected chi connectivity index (χ1v) is 14.9. The van der Waals surface area contributed by atoms with Crippen molar-refractivity contribution in [3.8, 4) is 0 Å². The van der Waals surface area contributed by atoms with Gasteiger partial charge in [0, 0.05) is 19.6 Å². The zero-order chi connectivity index (χ0) is 28.6. The van der Waals surface area contributed by atoms with Crippen LogP contribution >= 0.6 is 0 Å². The Morgan fingerprint density at radius 1 is 0.923 bits per heavy atom. The van der Waals surface area contributed by atoms with Crippen LogP contribution in [0.4, 0.5) is 0 Å². The summed E-state index contributed by atoms with van der Waals surface area (Å²) in [6.07, 6.45) is 3.46. The Labute approximate surface area is 232 Å². The Morgan fingerprint density at radius 3 is 2.15 bits per heavy atom. The van der Waals surface area contributed by atoms with Crippen molar-refractivity contribution >= 4 is 5.91 Å². The third kappa shape index (κ3) is 12.2. The molecule has 0 spiro atoms. The van der Waals surface area contributed by atoms with Crippen LogP contribution in [0.25, 0.3) is 0 Å². The van der Waals surface area contributed by atoms with Gasteiger partial charge in [-0.3, -0.25) is 4.79 Å². The molecule has 0 saturated carbocycles. The lowest BCUT2D eigenvalue weighted by molar-refractivity contribution is -0.303. The van der Waals surface area contributed by atoms with Gasteiger partial charge in [-0.05, 0) is 31.6 Å². The molecule has 2 aliphatic heterocycles. The molecule has 1 amide bonds. The van der Waals surface area contributed by atoms with E-state index in [2.05, 4.69) is 5.32 Å². The average Bonchev–Trinajstić information content (AvgIpc) is 2.95. The molecule has 2 aliphatic rings. The Bertz CT molecular complexity index is 648. The van der Waals surface area contributed by atoms with Crippen molar-refractivity contribution in [3.05, 3.63) is 0 Å². The maximum atomic E-state index is 12.6. The normalized spacial score (nSPS) is 28.6. The molecule has 0 aromatic rings. The highest BCUT2D eigenvalue weighted by Crippen LogP contribution is 2.23. The van der Waals surface area contributed by atoms with Crippen LogP contribution in [0.3, 0.4) is 0 Å². The molecule has 7 N–H and O–H groups in total. The van der Waals surface area contributed by atoms with Crippen molar-refractivity contribution in [2.24, 2.45) is 5.92 Å². The highest BCUT2D eigenvalue weighted by molar-refractivity contribution is 5.76. The largest absolute Gasteiger partial charge is 0.394 e. The maximum Gasteiger partial charge on any atom is 0.220 e. The summed E-state index contributed by atoms with van der Waals surface area (Å²) in [4.78, 5) is 12.6. The molecule has 0 bridgehead atoms. The molecule has 2 saturated heterocycles. The van der Waals surface area contributed by atoms with Gasteiger partial charge in [-0.2, -0.15) is 0 Å². The van der Waals surface area contributed by atoms with Crippen molar-refractivity contribution in [1.29, 1.82) is 0 Å². The Balaban J connectivity index is 1.64. The van der Waals surface area contributed by atoms with Gasteiger partial charge in [-0.25, -0.2) is 0 Å². The van der Waals surface area contributed by atoms with Crippen molar-refractivity contribution in [2.75, 3.05) is 26.4 Å². The second-order valence-corrected chi connectivity index (χ2v) is 11.1. The summed E-state index contributed by atoms with van der Waals surface area (Å²) in [5.74, 6) is 0.558. The molecule has 0 radical (unpaired) electrons. The summed E-state index contributed by atoms with van der Waals surface area (Å²) < 4.78 is 16.2. The third-order valence-corrected chi connectivity index (χ3v) is 7.97. The molecular formula is C28H53NO10. The Hall–Kier alpha value is -0.890. The summed E-state index contributed by atoms with van der Waals surface area (Å²) in [7, 11) is 0. The molecule has 0 aromatic carbocycles. The van der Waals surface area contributed by atoms with Crippen LogP contribution in [-0.2, 0) is 19.0 Å². The molecule has 5 unspecified atom stereocenters. The number of carbonyl (C=O) groups excluding carboxylic acids is 1. The quantitative estimate of drug-likeness (QED) is 0.111. The molecule has 39 heavy (non-hydrogen) atoms. The van der Waals surface area contributed by atoms with Crippen molar-refractivity contribution in [1.82, 2.24) is 5.32 Å². The second kappa shape index (κ2) is 19.3. The lowest BCUT2D eigenvalue weighted by Gasteiger charge is -2.40. The number of unbranched alkanes of at least 4 members (excludes halogenated alkanes) is 7. The number of aliphatic hydroxyl groups excluding tert-OH is 6. The molecule has 2 heterocycles. The van der Waals surface area contributed by atoms with E-state index < -0.39 is 55.6 Å². The fraction of sp³-hybridized carbons (Fsp3) is 0.964. The molecule has 2 fully saturated rings. The van der Waals surface area contributed by atoms with E-state index in [0.29, 0.717) is 6.42 Å². The smallest absolute Gasteiger partial charge is 0.220 e. The lowest BCUT2D eigenvalue weighted by atomic mass is 9.93. The topological polar surface area (TPSA) is 178 Å². The van der Waals surface area contributed by atoms with Crippen LogP contribution in [0.5, 0.6) is 0 Å². The first kappa shape index (κ1) is 34.3. The third-order valence-electron chi connectivity index (χ3n) is 7.97. The van der Waals surface area contributed by atoms with Crippen molar-refractivity contribution in [2.45, 2.75) is 139 Å². The number of rotatable bonds is 19. The Kier molecular flexibility index (Phi) is 17.0. The molecule has 0 aliphatic carbocycles. The van der Waals surface area contributed by atoms with Crippen LogP contribution in [0.2, 0.25) is 0 Å². The SMILES string of the molecule is CC[C@@H](O)[C@@H](O)[C@H](COC1OC(CO)C(O)C(O)C1O)NC(=O)CCCCCCCCCCC1CCOCC1. The fourth-order valence-electron chi connectivity index (χ4n) is 5.23. The van der Waals surface area contributed by atoms with Crippen LogP contribution in [0, 0.1) is 5.92 Å². The summed E-state index contributed by atoms with van der Waals surface area (Å²) in [5.41, 5.74) is 0. The minimum absolute atomic E-state index is 0.253. The van der Waals surface area contributed by atoms with E-state index in [9.17, 15) is 35.4 Å². The van der Waals surface area contributed by atoms with Gasteiger partial charge in [-0.15, -0.1) is 0 Å². The Morgan fingerprint density at radius 2 is 1.54 bits per heavy atom. The standard InChI is InChI=1S/C28H53NO10/c1-2-21(31)24(33)20(18-38-28-27(36)26(35)25(34)22(17-30)39-28)29-23(32)12-10-8-6-4-3-5-7-9-11-19-13-15-37-16-14-19/h19-22,24-28,30-31,33-36H,2-18H2,1H3,(H,29,32)/t20-,21+,22?,24-,25?,26?,27?,28?/m0/s1. The molecular weight excluding hydrogens is 510 g/mol. The van der Waals surface area contributed by atoms with E-state index in [1.54, 1.807) is 6.92 Å². The van der Waals surface area contributed by atoms with Gasteiger partial charge < -0.3 is 50.2 Å². The number of nitrogens with one attached hydrogen (secondary N) is 1. The van der Waals surface area contributed by atoms with Gasteiger partial charge in [0.25, 0.3) is 0 Å². The van der Waals surface area contributed by atoms with Gasteiger partial charge in [0.15, 0.2) is 6.29 Å². The highest BCUT2D eigenvalue weighted by Gasteiger charge is 2.44. The van der Waals surface area contributed by atoms with Gasteiger partial charge >= 0.3 is 0 Å². The first-order chi connectivity index (χ1) is 18.8. The van der Waals surface area contributed by atoms with Crippen molar-refractivity contribution in [3.63, 3.8) is 0 Å². The molecule has 11 nitrogen and oxygen atoms in total. The molecule has 11 heteroatoms. The number of amides is 1. The molecule has 230 valence electrons. The van der Waals surface area contributed by atoms with Crippen LogP contribution in [0.15, 0.2) is 0 Å². The van der Waals surface area contributed by atoms with Gasteiger partial charge in [0.05, 0.1) is 25.4 Å². The second-order valence-electron chi connectivity index (χ2n) is 11.1. The predicted octanol–water partition coefficient (Wildman–Crippen LogP) is 0.747. The number of carbonyl (C=O) groups is 1. The minimum Gasteiger partial charge on any atom is -0.394 e. The minimum atomic E-state index is -1.60. The molecule has 8 atom stereocenters. The van der Waals surface area contributed by atoms with Gasteiger partial charge in [0.1, 0.15) is 30.5 Å². The lowest BCUT2D eigenvalue weighted by Crippen LogP contribution is -2.60. The number of aliphatic hydroxyl groups is 6. The van der Waals surface area contributed by atoms with Crippen LogP contribution in [-0.4, -0.2) is 112 Å². The molecule has 0 aromatic heterocycles. The zero-order valence-electron chi connectivity index (χ0n) is 23.5. The van der Waals surface area contributed by atoms with E-state index in [4.69, 9.17) is 14.2 Å². The van der Waals surface area contributed by atoms with E-state index >= 15 is 0 Å². The van der Waals surface area contributed by atoms with E-state index in [-0.39, 0.29) is 25.4 Å². The first-order valence-electron chi connectivity index (χ1n) is 14.9. The van der Waals surface area contributed by atoms with Crippen LogP contribution in [0.1, 0.15) is 90.4 Å². The summed E-state index contributed by atoms with van der Waals surface area (Å²) in [6, 6.07) is -0.985. The molecule has 2 rings (SSSR count). The van der Waals surface area contributed by atoms with E-state index in [1.165, 1.54) is 44.9 Å². The predicted molar refractivity (Wildman–Crippen MR) is 144 cm³/mol. The monoisotopic (exact) mass is 563 g/mol. The van der Waals surface area contributed by atoms with E-state index in [1.807, 2.05) is 0 Å². The number of hydrogen-bond acceptors (Lipinski definition) is 10. The average molecular weight is 564 g/mol. The highest BCUT2D eigenvalue weighted by atomic mass is 16.7. The van der Waals surface area contributed by atoms with Crippen LogP contribution < -0.4 is 5.32 Å². The van der Waals surface area contributed by atoms with Gasteiger partial charge in [0.2, 0.25) is 5.91 Å². The summed E-state index contributed by atoms with van der Waals surface area (Å²) in [6.45, 7) is 2.61. The fourth-order valence-corrected chi connectivity index (χ4v) is 5.23. The van der Waals surface area contributed by atoms with Gasteiger partial charge in [-0.1, -0.05) is 58.3 Å². The maximum absolute atomic E-state index is 12.6. The van der Waals surface area contributed by atoms with Crippen molar-refractivity contribution < 1.29 is 49.6 Å². The number of hydrogen-bond donors (Lipinski definition) is 7. The zero-order valence-corrected chi connectivity index (χ0v) is 23.5.